The van der Waals surface area contributed by atoms with E-state index in [1.165, 1.54) is 23.7 Å². The van der Waals surface area contributed by atoms with Crippen molar-refractivity contribution in [3.05, 3.63) is 77.4 Å². The van der Waals surface area contributed by atoms with Crippen molar-refractivity contribution in [1.29, 1.82) is 0 Å². The Hall–Kier alpha value is -4.63. The van der Waals surface area contributed by atoms with E-state index in [9.17, 15) is 14.7 Å². The Balaban J connectivity index is 0.955. The summed E-state index contributed by atoms with van der Waals surface area (Å²) in [5.41, 5.74) is 1.49. The summed E-state index contributed by atoms with van der Waals surface area (Å²) in [6, 6.07) is 14.8. The zero-order chi connectivity index (χ0) is 35.0. The largest absolute Gasteiger partial charge is 0.469 e. The van der Waals surface area contributed by atoms with Gasteiger partial charge in [-0.2, -0.15) is 4.98 Å². The lowest BCUT2D eigenvalue weighted by Gasteiger charge is -2.55. The van der Waals surface area contributed by atoms with Crippen molar-refractivity contribution in [3.63, 3.8) is 0 Å². The third-order valence-corrected chi connectivity index (χ3v) is 10.1. The van der Waals surface area contributed by atoms with Gasteiger partial charge in [-0.25, -0.2) is 19.3 Å². The van der Waals surface area contributed by atoms with Crippen LogP contribution >= 0.6 is 0 Å². The molecule has 4 aromatic rings. The number of benzene rings is 1. The van der Waals surface area contributed by atoms with Gasteiger partial charge in [-0.15, -0.1) is 6.58 Å². The molecule has 0 amide bonds. The first-order valence-corrected chi connectivity index (χ1v) is 17.3. The van der Waals surface area contributed by atoms with E-state index in [0.717, 1.165) is 64.6 Å². The number of fused-ring (bicyclic) bond motifs is 1. The number of aromatic nitrogens is 5. The lowest BCUT2D eigenvalue weighted by Crippen LogP contribution is -2.70. The van der Waals surface area contributed by atoms with Gasteiger partial charge >= 0.3 is 5.97 Å². The van der Waals surface area contributed by atoms with Gasteiger partial charge in [0, 0.05) is 88.6 Å². The molecule has 7 rings (SSSR count). The Bertz CT molecular complexity index is 1900. The first-order valence-electron chi connectivity index (χ1n) is 17.3. The fourth-order valence-corrected chi connectivity index (χ4v) is 7.05. The van der Waals surface area contributed by atoms with Gasteiger partial charge in [0.1, 0.15) is 11.0 Å². The zero-order valence-corrected chi connectivity index (χ0v) is 29.0. The molecule has 0 spiro atoms. The molecule has 6 heterocycles. The topological polar surface area (TPSA) is 137 Å². The maximum absolute atomic E-state index is 13.3. The summed E-state index contributed by atoms with van der Waals surface area (Å²) < 4.78 is 7.92. The van der Waals surface area contributed by atoms with Crippen LogP contribution in [0, 0.1) is 0 Å². The number of hydrogen-bond acceptors (Lipinski definition) is 12. The van der Waals surface area contributed by atoms with E-state index < -0.39 is 5.60 Å². The highest BCUT2D eigenvalue weighted by Gasteiger charge is 2.41. The fourth-order valence-electron chi connectivity index (χ4n) is 7.05. The lowest BCUT2D eigenvalue weighted by molar-refractivity contribution is -0.141. The molecule has 50 heavy (non-hydrogen) atoms. The molecule has 2 N–H and O–H groups in total. The standard InChI is InChI=1S/C36H46N10O4/c1-5-14-45-34(48)29-20-37-35(40-33(29)46(45)31-8-6-7-30(39-31)36(2,3)49)38-25-9-11-26(12-10-25)42-16-18-43(19-17-42)28-23-44(24-28)27-21-41(22-27)15-13-32(47)50-4/h5-12,20,27-28,49H,1,13-19,21-24H2,2-4H3,(H,37,38,40). The molecule has 0 bridgehead atoms. The Labute approximate surface area is 291 Å². The van der Waals surface area contributed by atoms with Crippen LogP contribution in [0.2, 0.25) is 0 Å². The molecule has 3 saturated heterocycles. The minimum atomic E-state index is -1.16. The van der Waals surface area contributed by atoms with Gasteiger partial charge in [-0.05, 0) is 50.2 Å². The summed E-state index contributed by atoms with van der Waals surface area (Å²) >= 11 is 0. The van der Waals surface area contributed by atoms with Crippen LogP contribution in [-0.4, -0.2) is 128 Å². The van der Waals surface area contributed by atoms with Crippen LogP contribution in [0.25, 0.3) is 16.9 Å². The van der Waals surface area contributed by atoms with Crippen molar-refractivity contribution in [1.82, 2.24) is 39.0 Å². The summed E-state index contributed by atoms with van der Waals surface area (Å²) in [4.78, 5) is 48.6. The Morgan fingerprint density at radius 2 is 1.74 bits per heavy atom. The number of likely N-dealkylation sites (tertiary alicyclic amines) is 2. The molecule has 3 fully saturated rings. The van der Waals surface area contributed by atoms with Gasteiger partial charge in [0.15, 0.2) is 11.5 Å². The molecule has 3 aliphatic heterocycles. The van der Waals surface area contributed by atoms with Crippen LogP contribution in [0.5, 0.6) is 0 Å². The molecule has 0 atom stereocenters. The quantitative estimate of drug-likeness (QED) is 0.167. The van der Waals surface area contributed by atoms with E-state index in [1.54, 1.807) is 42.8 Å². The number of anilines is 3. The Morgan fingerprint density at radius 1 is 1.02 bits per heavy atom. The maximum Gasteiger partial charge on any atom is 0.306 e. The van der Waals surface area contributed by atoms with Gasteiger partial charge in [0.05, 0.1) is 25.8 Å². The molecule has 14 heteroatoms. The molecule has 0 unspecified atom stereocenters. The zero-order valence-electron chi connectivity index (χ0n) is 29.0. The molecule has 0 radical (unpaired) electrons. The van der Waals surface area contributed by atoms with Crippen LogP contribution in [0.15, 0.2) is 66.1 Å². The van der Waals surface area contributed by atoms with Gasteiger partial charge in [0.2, 0.25) is 5.95 Å². The minimum absolute atomic E-state index is 0.136. The number of nitrogens with zero attached hydrogens (tertiary/aromatic N) is 9. The first-order chi connectivity index (χ1) is 24.1. The number of esters is 1. The van der Waals surface area contributed by atoms with Crippen molar-refractivity contribution >= 4 is 34.3 Å². The molecule has 14 nitrogen and oxygen atoms in total. The minimum Gasteiger partial charge on any atom is -0.469 e. The molecular weight excluding hydrogens is 636 g/mol. The number of ether oxygens (including phenoxy) is 1. The Morgan fingerprint density at radius 3 is 2.42 bits per heavy atom. The van der Waals surface area contributed by atoms with Gasteiger partial charge in [-0.3, -0.25) is 24.3 Å². The molecule has 264 valence electrons. The first kappa shape index (κ1) is 33.8. The normalized spacial score (nSPS) is 18.2. The van der Waals surface area contributed by atoms with Crippen molar-refractivity contribution in [3.8, 4) is 5.82 Å². The van der Waals surface area contributed by atoms with Gasteiger partial charge in [-0.1, -0.05) is 12.1 Å². The highest BCUT2D eigenvalue weighted by molar-refractivity contribution is 5.77. The van der Waals surface area contributed by atoms with E-state index in [4.69, 9.17) is 9.72 Å². The van der Waals surface area contributed by atoms with E-state index in [0.29, 0.717) is 47.0 Å². The molecule has 3 aromatic heterocycles. The predicted octanol–water partition coefficient (Wildman–Crippen LogP) is 2.19. The summed E-state index contributed by atoms with van der Waals surface area (Å²) in [5, 5.41) is 14.2. The monoisotopic (exact) mass is 682 g/mol. The van der Waals surface area contributed by atoms with Crippen LogP contribution < -0.4 is 15.8 Å². The predicted molar refractivity (Wildman–Crippen MR) is 192 cm³/mol. The van der Waals surface area contributed by atoms with Gasteiger partial charge in [0.25, 0.3) is 5.56 Å². The van der Waals surface area contributed by atoms with Gasteiger partial charge < -0.3 is 20.1 Å². The molecule has 1 aromatic carbocycles. The molecule has 0 aliphatic carbocycles. The van der Waals surface area contributed by atoms with Crippen molar-refractivity contribution in [2.75, 3.05) is 76.2 Å². The number of piperazine rings is 1. The number of rotatable bonds is 12. The summed E-state index contributed by atoms with van der Waals surface area (Å²) in [6.07, 6.45) is 3.65. The van der Waals surface area contributed by atoms with Crippen LogP contribution in [0.3, 0.4) is 0 Å². The SMILES string of the molecule is C=CCn1c(=O)c2cnc(Nc3ccc(N4CCN(C5CN(C6CN(CCC(=O)OC)C6)C5)CC4)cc3)nc2n1-c1cccc(C(C)(C)O)n1. The number of carbonyl (C=O) groups is 1. The summed E-state index contributed by atoms with van der Waals surface area (Å²) in [7, 11) is 1.45. The number of allylic oxidation sites excluding steroid dienone is 1. The summed E-state index contributed by atoms with van der Waals surface area (Å²) in [5.74, 6) is 0.677. The molecule has 0 saturated carbocycles. The number of pyridine rings is 1. The molecular formula is C36H46N10O4. The highest BCUT2D eigenvalue weighted by atomic mass is 16.5. The number of carbonyl (C=O) groups excluding carboxylic acids is 1. The number of methoxy groups -OCH3 is 1. The van der Waals surface area contributed by atoms with E-state index in [1.807, 2.05) is 12.1 Å². The van der Waals surface area contributed by atoms with Crippen molar-refractivity contribution < 1.29 is 14.6 Å². The number of aliphatic hydroxyl groups is 1. The van der Waals surface area contributed by atoms with E-state index >= 15 is 0 Å². The second kappa shape index (κ2) is 13.9. The second-order valence-electron chi connectivity index (χ2n) is 13.9. The third-order valence-electron chi connectivity index (χ3n) is 10.1. The molecule has 3 aliphatic rings. The Kier molecular flexibility index (Phi) is 9.44. The average molecular weight is 683 g/mol. The maximum atomic E-state index is 13.3. The van der Waals surface area contributed by atoms with E-state index in [-0.39, 0.29) is 18.1 Å². The highest BCUT2D eigenvalue weighted by Crippen LogP contribution is 2.27. The average Bonchev–Trinajstić information content (AvgIpc) is 3.35. The number of nitrogens with one attached hydrogen (secondary N) is 1. The second-order valence-corrected chi connectivity index (χ2v) is 13.9. The van der Waals surface area contributed by atoms with Crippen molar-refractivity contribution in [2.24, 2.45) is 0 Å². The van der Waals surface area contributed by atoms with E-state index in [2.05, 4.69) is 53.6 Å². The third kappa shape index (κ3) is 6.88. The van der Waals surface area contributed by atoms with Crippen LogP contribution in [-0.2, 0) is 21.7 Å². The van der Waals surface area contributed by atoms with Crippen LogP contribution in [0.4, 0.5) is 17.3 Å². The fraction of sp³-hybridized carbons (Fsp3) is 0.472. The van der Waals surface area contributed by atoms with Crippen molar-refractivity contribution in [2.45, 2.75) is 44.5 Å². The number of hydrogen-bond donors (Lipinski definition) is 2. The summed E-state index contributed by atoms with van der Waals surface area (Å²) in [6.45, 7) is 16.6. The lowest BCUT2D eigenvalue weighted by atomic mass is 9.98. The van der Waals surface area contributed by atoms with Crippen LogP contribution in [0.1, 0.15) is 26.0 Å². The smallest absolute Gasteiger partial charge is 0.306 e.